The number of halogens is 3. The number of anilines is 1. The normalized spacial score (nSPS) is 11.4. The Kier molecular flexibility index (Phi) is 5.98. The van der Waals surface area contributed by atoms with Gasteiger partial charge in [0.1, 0.15) is 5.56 Å². The highest BCUT2D eigenvalue weighted by Gasteiger charge is 2.40. The minimum Gasteiger partial charge on any atom is -0.478 e. The fraction of sp³-hybridized carbons (Fsp3) is 0.312. The van der Waals surface area contributed by atoms with E-state index in [1.54, 1.807) is 0 Å². The fourth-order valence-corrected chi connectivity index (χ4v) is 2.29. The largest absolute Gasteiger partial charge is 0.478 e. The van der Waals surface area contributed by atoms with E-state index in [1.165, 1.54) is 31.4 Å². The van der Waals surface area contributed by atoms with Gasteiger partial charge < -0.3 is 15.2 Å². The van der Waals surface area contributed by atoms with Gasteiger partial charge in [0.05, 0.1) is 11.9 Å². The van der Waals surface area contributed by atoms with Gasteiger partial charge in [-0.1, -0.05) is 6.07 Å². The lowest BCUT2D eigenvalue weighted by Crippen LogP contribution is -2.17. The second-order valence-corrected chi connectivity index (χ2v) is 5.32. The first-order chi connectivity index (χ1) is 12.2. The highest BCUT2D eigenvalue weighted by Crippen LogP contribution is 2.34. The van der Waals surface area contributed by atoms with Crippen molar-refractivity contribution in [2.75, 3.05) is 19.0 Å². The first kappa shape index (κ1) is 19.4. The van der Waals surface area contributed by atoms with Gasteiger partial charge in [0, 0.05) is 25.8 Å². The van der Waals surface area contributed by atoms with E-state index in [-0.39, 0.29) is 23.7 Å². The van der Waals surface area contributed by atoms with Gasteiger partial charge in [0.2, 0.25) is 5.91 Å². The molecule has 0 saturated heterocycles. The summed E-state index contributed by atoms with van der Waals surface area (Å²) in [4.78, 5) is 22.8. The molecule has 0 bridgehead atoms. The van der Waals surface area contributed by atoms with Crippen molar-refractivity contribution < 1.29 is 32.6 Å². The maximum atomic E-state index is 13.3. The molecule has 0 saturated carbocycles. The molecule has 0 atom stereocenters. The Morgan fingerprint density at radius 3 is 2.69 bits per heavy atom. The zero-order chi connectivity index (χ0) is 19.3. The minimum absolute atomic E-state index is 0.0282. The molecule has 140 valence electrons. The second kappa shape index (κ2) is 8.00. The van der Waals surface area contributed by atoms with Crippen LogP contribution < -0.4 is 5.32 Å². The predicted molar refractivity (Wildman–Crippen MR) is 85.3 cm³/mol. The number of aromatic nitrogens is 2. The smallest absolute Gasteiger partial charge is 0.434 e. The molecule has 0 fully saturated rings. The number of hydrogen-bond acceptors (Lipinski definition) is 4. The number of hydrogen-bond donors (Lipinski definition) is 2. The predicted octanol–water partition coefficient (Wildman–Crippen LogP) is 2.95. The van der Waals surface area contributed by atoms with Crippen LogP contribution in [0.5, 0.6) is 0 Å². The SMILES string of the molecule is COCCCC(=O)Nc1cccc(-n2ncc(C(=O)O)c2C(F)(F)F)c1. The molecular weight excluding hydrogens is 355 g/mol. The average Bonchev–Trinajstić information content (AvgIpc) is 3.01. The van der Waals surface area contributed by atoms with Crippen molar-refractivity contribution in [3.8, 4) is 5.69 Å². The molecule has 2 rings (SSSR count). The van der Waals surface area contributed by atoms with Crippen LogP contribution in [0.4, 0.5) is 18.9 Å². The number of nitrogens with zero attached hydrogens (tertiary/aromatic N) is 2. The van der Waals surface area contributed by atoms with Gasteiger partial charge in [-0.2, -0.15) is 18.3 Å². The molecular formula is C16H16F3N3O4. The first-order valence-corrected chi connectivity index (χ1v) is 7.51. The van der Waals surface area contributed by atoms with Crippen LogP contribution in [0.3, 0.4) is 0 Å². The van der Waals surface area contributed by atoms with Gasteiger partial charge in [-0.25, -0.2) is 9.48 Å². The van der Waals surface area contributed by atoms with Crippen LogP contribution in [-0.4, -0.2) is 40.5 Å². The summed E-state index contributed by atoms with van der Waals surface area (Å²) in [5.74, 6) is -2.05. The van der Waals surface area contributed by atoms with Crippen LogP contribution in [0.15, 0.2) is 30.5 Å². The molecule has 1 heterocycles. The Hall–Kier alpha value is -2.88. The number of methoxy groups -OCH3 is 1. The summed E-state index contributed by atoms with van der Waals surface area (Å²) in [6.45, 7) is 0.410. The standard InChI is InChI=1S/C16H16F3N3O4/c1-26-7-3-6-13(23)21-10-4-2-5-11(8-10)22-14(16(17,18)19)12(9-20-22)15(24)25/h2,4-5,8-9H,3,6-7H2,1H3,(H,21,23)(H,24,25). The lowest BCUT2D eigenvalue weighted by molar-refractivity contribution is -0.143. The van der Waals surface area contributed by atoms with Crippen molar-refractivity contribution in [3.63, 3.8) is 0 Å². The monoisotopic (exact) mass is 371 g/mol. The summed E-state index contributed by atoms with van der Waals surface area (Å²) in [5, 5.41) is 15.1. The van der Waals surface area contributed by atoms with E-state index in [0.29, 0.717) is 23.9 Å². The molecule has 0 radical (unpaired) electrons. The van der Waals surface area contributed by atoms with E-state index < -0.39 is 23.4 Å². The molecule has 0 aliphatic carbocycles. The van der Waals surface area contributed by atoms with Crippen LogP contribution >= 0.6 is 0 Å². The van der Waals surface area contributed by atoms with Crippen molar-refractivity contribution in [3.05, 3.63) is 41.7 Å². The molecule has 10 heteroatoms. The quantitative estimate of drug-likeness (QED) is 0.730. The lowest BCUT2D eigenvalue weighted by atomic mass is 10.2. The van der Waals surface area contributed by atoms with Gasteiger partial charge in [-0.05, 0) is 24.6 Å². The van der Waals surface area contributed by atoms with Crippen LogP contribution in [0, 0.1) is 0 Å². The fourth-order valence-electron chi connectivity index (χ4n) is 2.29. The number of carbonyl (C=O) groups is 2. The molecule has 2 N–H and O–H groups in total. The van der Waals surface area contributed by atoms with E-state index in [9.17, 15) is 22.8 Å². The number of carboxylic acids is 1. The summed E-state index contributed by atoms with van der Waals surface area (Å²) < 4.78 is 45.1. The number of carbonyl (C=O) groups excluding carboxylic acids is 1. The summed E-state index contributed by atoms with van der Waals surface area (Å²) >= 11 is 0. The van der Waals surface area contributed by atoms with Crippen LogP contribution in [0.2, 0.25) is 0 Å². The first-order valence-electron chi connectivity index (χ1n) is 7.51. The number of amides is 1. The third-order valence-corrected chi connectivity index (χ3v) is 3.39. The van der Waals surface area contributed by atoms with Gasteiger partial charge in [0.15, 0.2) is 5.69 Å². The molecule has 1 amide bonds. The van der Waals surface area contributed by atoms with Crippen LogP contribution in [0.1, 0.15) is 28.9 Å². The molecule has 0 unspecified atom stereocenters. The Balaban J connectivity index is 2.31. The van der Waals surface area contributed by atoms with Crippen molar-refractivity contribution in [1.82, 2.24) is 9.78 Å². The van der Waals surface area contributed by atoms with E-state index in [4.69, 9.17) is 9.84 Å². The maximum absolute atomic E-state index is 13.3. The Bertz CT molecular complexity index is 802. The highest BCUT2D eigenvalue weighted by atomic mass is 19.4. The molecule has 1 aromatic heterocycles. The number of carboxylic acid groups (broad SMARTS) is 1. The maximum Gasteiger partial charge on any atom is 0.434 e. The van der Waals surface area contributed by atoms with E-state index >= 15 is 0 Å². The van der Waals surface area contributed by atoms with Gasteiger partial charge in [-0.3, -0.25) is 4.79 Å². The molecule has 0 aliphatic rings. The van der Waals surface area contributed by atoms with Gasteiger partial charge in [-0.15, -0.1) is 0 Å². The van der Waals surface area contributed by atoms with Crippen molar-refractivity contribution >= 4 is 17.6 Å². The van der Waals surface area contributed by atoms with Crippen molar-refractivity contribution in [2.45, 2.75) is 19.0 Å². The number of nitrogens with one attached hydrogen (secondary N) is 1. The summed E-state index contributed by atoms with van der Waals surface area (Å²) in [6, 6.07) is 5.55. The third kappa shape index (κ3) is 4.60. The highest BCUT2D eigenvalue weighted by molar-refractivity contribution is 5.91. The zero-order valence-electron chi connectivity index (χ0n) is 13.7. The van der Waals surface area contributed by atoms with Gasteiger partial charge >= 0.3 is 12.1 Å². The Morgan fingerprint density at radius 1 is 1.35 bits per heavy atom. The lowest BCUT2D eigenvalue weighted by Gasteiger charge is -2.13. The third-order valence-electron chi connectivity index (χ3n) is 3.39. The molecule has 1 aromatic carbocycles. The van der Waals surface area contributed by atoms with Crippen molar-refractivity contribution in [2.24, 2.45) is 0 Å². The number of alkyl halides is 3. The molecule has 7 nitrogen and oxygen atoms in total. The van der Waals surface area contributed by atoms with Gasteiger partial charge in [0.25, 0.3) is 0 Å². The van der Waals surface area contributed by atoms with Crippen LogP contribution in [-0.2, 0) is 15.7 Å². The molecule has 26 heavy (non-hydrogen) atoms. The molecule has 0 aliphatic heterocycles. The second-order valence-electron chi connectivity index (χ2n) is 5.32. The van der Waals surface area contributed by atoms with E-state index in [0.717, 1.165) is 0 Å². The molecule has 2 aromatic rings. The molecule has 0 spiro atoms. The number of ether oxygens (including phenoxy) is 1. The summed E-state index contributed by atoms with van der Waals surface area (Å²) in [7, 11) is 1.51. The van der Waals surface area contributed by atoms with E-state index in [1.807, 2.05) is 0 Å². The van der Waals surface area contributed by atoms with Crippen LogP contribution in [0.25, 0.3) is 5.69 Å². The topological polar surface area (TPSA) is 93.5 Å². The Labute approximate surface area is 146 Å². The summed E-state index contributed by atoms with van der Waals surface area (Å²) in [5.41, 5.74) is -2.11. The number of aromatic carboxylic acids is 1. The minimum atomic E-state index is -4.91. The number of benzene rings is 1. The Morgan fingerprint density at radius 2 is 2.08 bits per heavy atom. The zero-order valence-corrected chi connectivity index (χ0v) is 13.7. The average molecular weight is 371 g/mol. The van der Waals surface area contributed by atoms with Crippen molar-refractivity contribution in [1.29, 1.82) is 0 Å². The summed E-state index contributed by atoms with van der Waals surface area (Å²) in [6.07, 6.45) is -3.58. The number of rotatable bonds is 7. The van der Waals surface area contributed by atoms with E-state index in [2.05, 4.69) is 10.4 Å².